The molecule has 0 aliphatic heterocycles. The van der Waals surface area contributed by atoms with Gasteiger partial charge in [0.2, 0.25) is 5.91 Å². The first kappa shape index (κ1) is 25.3. The predicted molar refractivity (Wildman–Crippen MR) is 132 cm³/mol. The molecule has 3 aromatic rings. The van der Waals surface area contributed by atoms with Gasteiger partial charge in [0, 0.05) is 13.0 Å². The van der Waals surface area contributed by atoms with Crippen molar-refractivity contribution in [3.05, 3.63) is 89.5 Å². The Balaban J connectivity index is 1.48. The third-order valence-electron chi connectivity index (χ3n) is 5.20. The van der Waals surface area contributed by atoms with E-state index in [1.807, 2.05) is 36.4 Å². The van der Waals surface area contributed by atoms with Gasteiger partial charge in [-0.3, -0.25) is 9.59 Å². The third kappa shape index (κ3) is 7.89. The molecule has 0 saturated heterocycles. The van der Waals surface area contributed by atoms with Gasteiger partial charge in [-0.1, -0.05) is 36.4 Å². The summed E-state index contributed by atoms with van der Waals surface area (Å²) in [4.78, 5) is 37.1. The lowest BCUT2D eigenvalue weighted by Crippen LogP contribution is -2.28. The summed E-state index contributed by atoms with van der Waals surface area (Å²) in [7, 11) is 3.18. The van der Waals surface area contributed by atoms with Gasteiger partial charge in [0.25, 0.3) is 5.91 Å². The molecule has 0 saturated carbocycles. The van der Waals surface area contributed by atoms with E-state index in [4.69, 9.17) is 14.2 Å². The molecule has 2 amide bonds. The highest BCUT2D eigenvalue weighted by Crippen LogP contribution is 2.18. The Hall–Kier alpha value is -4.33. The van der Waals surface area contributed by atoms with Crippen LogP contribution in [0.25, 0.3) is 0 Å². The van der Waals surface area contributed by atoms with E-state index in [9.17, 15) is 14.4 Å². The van der Waals surface area contributed by atoms with Crippen LogP contribution in [-0.2, 0) is 27.3 Å². The number of benzene rings is 3. The molecular weight excluding hydrogens is 448 g/mol. The van der Waals surface area contributed by atoms with Gasteiger partial charge in [0.15, 0.2) is 6.61 Å². The summed E-state index contributed by atoms with van der Waals surface area (Å²) < 4.78 is 15.4. The normalized spacial score (nSPS) is 10.2. The van der Waals surface area contributed by atoms with Gasteiger partial charge in [-0.2, -0.15) is 0 Å². The number of anilines is 1. The monoisotopic (exact) mass is 476 g/mol. The first-order valence-corrected chi connectivity index (χ1v) is 11.1. The van der Waals surface area contributed by atoms with Crippen LogP contribution in [0.3, 0.4) is 0 Å². The minimum atomic E-state index is -0.698. The van der Waals surface area contributed by atoms with Gasteiger partial charge in [0.05, 0.1) is 25.5 Å². The second kappa shape index (κ2) is 12.8. The van der Waals surface area contributed by atoms with Crippen LogP contribution in [0.4, 0.5) is 5.69 Å². The number of amides is 2. The van der Waals surface area contributed by atoms with E-state index < -0.39 is 18.5 Å². The van der Waals surface area contributed by atoms with Crippen molar-refractivity contribution in [1.82, 2.24) is 5.32 Å². The zero-order valence-electron chi connectivity index (χ0n) is 19.7. The number of hydrogen-bond acceptors (Lipinski definition) is 6. The maximum absolute atomic E-state index is 12.6. The quantitative estimate of drug-likeness (QED) is 0.409. The topological polar surface area (TPSA) is 103 Å². The van der Waals surface area contributed by atoms with E-state index in [2.05, 4.69) is 10.6 Å². The van der Waals surface area contributed by atoms with E-state index in [0.29, 0.717) is 18.7 Å². The number of hydrogen-bond donors (Lipinski definition) is 2. The zero-order chi connectivity index (χ0) is 25.0. The number of carbonyl (C=O) groups excluding carboxylic acids is 3. The van der Waals surface area contributed by atoms with Gasteiger partial charge in [0.1, 0.15) is 11.5 Å². The van der Waals surface area contributed by atoms with Gasteiger partial charge < -0.3 is 24.8 Å². The Labute approximate surface area is 204 Å². The second-order valence-corrected chi connectivity index (χ2v) is 7.64. The molecule has 0 atom stereocenters. The average molecular weight is 477 g/mol. The van der Waals surface area contributed by atoms with Crippen molar-refractivity contribution in [3.8, 4) is 11.5 Å². The average Bonchev–Trinajstić information content (AvgIpc) is 2.90. The lowest BCUT2D eigenvalue weighted by atomic mass is 10.1. The molecule has 0 heterocycles. The summed E-state index contributed by atoms with van der Waals surface area (Å²) in [6.07, 6.45) is 0.778. The molecule has 0 aromatic heterocycles. The molecule has 182 valence electrons. The van der Waals surface area contributed by atoms with Crippen molar-refractivity contribution in [1.29, 1.82) is 0 Å². The lowest BCUT2D eigenvalue weighted by Gasteiger charge is -2.11. The molecule has 0 aliphatic rings. The van der Waals surface area contributed by atoms with E-state index >= 15 is 0 Å². The molecule has 0 unspecified atom stereocenters. The fourth-order valence-corrected chi connectivity index (χ4v) is 3.24. The molecule has 0 bridgehead atoms. The first-order valence-electron chi connectivity index (χ1n) is 11.1. The van der Waals surface area contributed by atoms with Crippen molar-refractivity contribution in [2.75, 3.05) is 26.1 Å². The maximum atomic E-state index is 12.6. The molecule has 8 nitrogen and oxygen atoms in total. The molecular formula is C27H28N2O6. The zero-order valence-corrected chi connectivity index (χ0v) is 19.7. The number of methoxy groups -OCH3 is 2. The van der Waals surface area contributed by atoms with Crippen LogP contribution in [0.5, 0.6) is 11.5 Å². The number of rotatable bonds is 11. The fourth-order valence-electron chi connectivity index (χ4n) is 3.24. The van der Waals surface area contributed by atoms with Gasteiger partial charge in [-0.25, -0.2) is 4.79 Å². The molecule has 3 rings (SSSR count). The van der Waals surface area contributed by atoms with Crippen LogP contribution in [-0.4, -0.2) is 38.6 Å². The molecule has 0 radical (unpaired) electrons. The van der Waals surface area contributed by atoms with E-state index in [0.717, 1.165) is 22.6 Å². The predicted octanol–water partition coefficient (Wildman–Crippen LogP) is 3.75. The largest absolute Gasteiger partial charge is 0.497 e. The number of carbonyl (C=O) groups is 3. The molecule has 35 heavy (non-hydrogen) atoms. The Kier molecular flexibility index (Phi) is 9.24. The van der Waals surface area contributed by atoms with E-state index in [-0.39, 0.29) is 17.9 Å². The summed E-state index contributed by atoms with van der Waals surface area (Å²) in [6, 6.07) is 21.3. The minimum Gasteiger partial charge on any atom is -0.497 e. The number of para-hydroxylation sites is 1. The highest BCUT2D eigenvalue weighted by atomic mass is 16.5. The minimum absolute atomic E-state index is 0.174. The van der Waals surface area contributed by atoms with Crippen LogP contribution in [0, 0.1) is 0 Å². The molecule has 3 aromatic carbocycles. The smallest absolute Gasteiger partial charge is 0.340 e. The first-order chi connectivity index (χ1) is 17.0. The second-order valence-electron chi connectivity index (χ2n) is 7.64. The van der Waals surface area contributed by atoms with Crippen LogP contribution < -0.4 is 20.1 Å². The Morgan fingerprint density at radius 2 is 1.34 bits per heavy atom. The lowest BCUT2D eigenvalue weighted by molar-refractivity contribution is -0.124. The fraction of sp³-hybridized carbons (Fsp3) is 0.222. The maximum Gasteiger partial charge on any atom is 0.340 e. The van der Waals surface area contributed by atoms with E-state index in [1.54, 1.807) is 44.6 Å². The molecule has 0 spiro atoms. The Morgan fingerprint density at radius 1 is 0.743 bits per heavy atom. The molecule has 2 N–H and O–H groups in total. The summed E-state index contributed by atoms with van der Waals surface area (Å²) in [5.74, 6) is 0.102. The summed E-state index contributed by atoms with van der Waals surface area (Å²) in [5, 5.41) is 5.45. The van der Waals surface area contributed by atoms with E-state index in [1.165, 1.54) is 6.07 Å². The molecule has 8 heteroatoms. The number of esters is 1. The standard InChI is InChI=1S/C27H28N2O6/c1-33-21-12-7-19(8-13-21)11-16-25(30)29-24-6-4-3-5-23(24)27(32)35-18-26(31)28-17-20-9-14-22(34-2)15-10-20/h3-10,12-15H,11,16-18H2,1-2H3,(H,28,31)(H,29,30). The van der Waals surface area contributed by atoms with Crippen molar-refractivity contribution < 1.29 is 28.6 Å². The number of nitrogens with one attached hydrogen (secondary N) is 2. The van der Waals surface area contributed by atoms with Crippen LogP contribution in [0.1, 0.15) is 27.9 Å². The SMILES string of the molecule is COc1ccc(CCC(=O)Nc2ccccc2C(=O)OCC(=O)NCc2ccc(OC)cc2)cc1. The van der Waals surface area contributed by atoms with Crippen LogP contribution in [0.2, 0.25) is 0 Å². The Bertz CT molecular complexity index is 1140. The third-order valence-corrected chi connectivity index (χ3v) is 5.20. The molecule has 0 aliphatic carbocycles. The van der Waals surface area contributed by atoms with Crippen LogP contribution >= 0.6 is 0 Å². The number of aryl methyl sites for hydroxylation is 1. The van der Waals surface area contributed by atoms with Crippen molar-refractivity contribution in [3.63, 3.8) is 0 Å². The van der Waals surface area contributed by atoms with Crippen molar-refractivity contribution in [2.24, 2.45) is 0 Å². The van der Waals surface area contributed by atoms with Crippen molar-refractivity contribution >= 4 is 23.5 Å². The van der Waals surface area contributed by atoms with Crippen LogP contribution in [0.15, 0.2) is 72.8 Å². The molecule has 0 fully saturated rings. The summed E-state index contributed by atoms with van der Waals surface area (Å²) >= 11 is 0. The highest BCUT2D eigenvalue weighted by Gasteiger charge is 2.16. The van der Waals surface area contributed by atoms with Gasteiger partial charge >= 0.3 is 5.97 Å². The highest BCUT2D eigenvalue weighted by molar-refractivity contribution is 6.01. The Morgan fingerprint density at radius 3 is 1.97 bits per heavy atom. The number of ether oxygens (including phenoxy) is 3. The summed E-state index contributed by atoms with van der Waals surface area (Å²) in [5.41, 5.74) is 2.38. The van der Waals surface area contributed by atoms with Gasteiger partial charge in [-0.15, -0.1) is 0 Å². The van der Waals surface area contributed by atoms with Gasteiger partial charge in [-0.05, 0) is 53.9 Å². The van der Waals surface area contributed by atoms with Crippen molar-refractivity contribution in [2.45, 2.75) is 19.4 Å². The summed E-state index contributed by atoms with van der Waals surface area (Å²) in [6.45, 7) is -0.143.